The highest BCUT2D eigenvalue weighted by molar-refractivity contribution is 6.06. The van der Waals surface area contributed by atoms with Crippen LogP contribution in [0.5, 0.6) is 0 Å². The lowest BCUT2D eigenvalue weighted by Gasteiger charge is -2.12. The van der Waals surface area contributed by atoms with Crippen molar-refractivity contribution in [3.05, 3.63) is 53.7 Å². The van der Waals surface area contributed by atoms with Crippen molar-refractivity contribution in [2.24, 2.45) is 0 Å². The van der Waals surface area contributed by atoms with Gasteiger partial charge in [0, 0.05) is 17.1 Å². The van der Waals surface area contributed by atoms with E-state index < -0.39 is 0 Å². The zero-order chi connectivity index (χ0) is 13.1. The fraction of sp³-hybridized carbons (Fsp3) is 0.294. The summed E-state index contributed by atoms with van der Waals surface area (Å²) in [5.41, 5.74) is 2.92. The number of allylic oxidation sites excluding steroid dienone is 2. The molecule has 1 heterocycles. The van der Waals surface area contributed by atoms with Crippen LogP contribution in [-0.2, 0) is 0 Å². The van der Waals surface area contributed by atoms with Gasteiger partial charge in [-0.25, -0.2) is 0 Å². The Morgan fingerprint density at radius 2 is 1.89 bits per heavy atom. The molecule has 0 aliphatic heterocycles. The van der Waals surface area contributed by atoms with Crippen LogP contribution < -0.4 is 0 Å². The molecule has 3 rings (SSSR count). The van der Waals surface area contributed by atoms with E-state index >= 15 is 0 Å². The van der Waals surface area contributed by atoms with Gasteiger partial charge in [-0.3, -0.25) is 9.78 Å². The van der Waals surface area contributed by atoms with Crippen LogP contribution in [0.2, 0.25) is 0 Å². The molecule has 2 heteroatoms. The van der Waals surface area contributed by atoms with Gasteiger partial charge in [-0.05, 0) is 43.9 Å². The molecule has 2 nitrogen and oxygen atoms in total. The molecule has 2 aromatic rings. The van der Waals surface area contributed by atoms with Gasteiger partial charge < -0.3 is 0 Å². The number of hydrogen-bond donors (Lipinski definition) is 0. The molecule has 96 valence electrons. The minimum atomic E-state index is 0.0927. The second kappa shape index (κ2) is 5.35. The Morgan fingerprint density at radius 1 is 1.11 bits per heavy atom. The fourth-order valence-electron chi connectivity index (χ4n) is 2.62. The fourth-order valence-corrected chi connectivity index (χ4v) is 2.62. The van der Waals surface area contributed by atoms with Gasteiger partial charge in [-0.1, -0.05) is 30.2 Å². The summed E-state index contributed by atoms with van der Waals surface area (Å²) in [6.45, 7) is 0. The predicted octanol–water partition coefficient (Wildman–Crippen LogP) is 4.31. The maximum Gasteiger partial charge on any atom is 0.187 e. The van der Waals surface area contributed by atoms with E-state index in [0.717, 1.165) is 23.7 Å². The Balaban J connectivity index is 1.88. The van der Waals surface area contributed by atoms with E-state index in [-0.39, 0.29) is 5.78 Å². The quantitative estimate of drug-likeness (QED) is 0.588. The largest absolute Gasteiger partial charge is 0.289 e. The topological polar surface area (TPSA) is 30.0 Å². The van der Waals surface area contributed by atoms with Crippen molar-refractivity contribution in [1.82, 2.24) is 4.98 Å². The Bertz CT molecular complexity index is 635. The van der Waals surface area contributed by atoms with Crippen LogP contribution in [-0.4, -0.2) is 10.8 Å². The van der Waals surface area contributed by atoms with E-state index in [4.69, 9.17) is 0 Å². The number of rotatable bonds is 2. The Kier molecular flexibility index (Phi) is 3.41. The summed E-state index contributed by atoms with van der Waals surface area (Å²) in [5.74, 6) is 0.0927. The highest BCUT2D eigenvalue weighted by atomic mass is 16.1. The molecule has 1 aliphatic rings. The summed E-state index contributed by atoms with van der Waals surface area (Å²) >= 11 is 0. The number of hydrogen-bond acceptors (Lipinski definition) is 2. The Labute approximate surface area is 113 Å². The highest BCUT2D eigenvalue weighted by Crippen LogP contribution is 2.23. The zero-order valence-electron chi connectivity index (χ0n) is 10.9. The summed E-state index contributed by atoms with van der Waals surface area (Å²) in [4.78, 5) is 16.6. The first kappa shape index (κ1) is 12.1. The summed E-state index contributed by atoms with van der Waals surface area (Å²) in [6.07, 6.45) is 9.39. The molecule has 19 heavy (non-hydrogen) atoms. The Morgan fingerprint density at radius 3 is 2.74 bits per heavy atom. The molecule has 0 bridgehead atoms. The van der Waals surface area contributed by atoms with E-state index in [0.29, 0.717) is 5.56 Å². The smallest absolute Gasteiger partial charge is 0.187 e. The lowest BCUT2D eigenvalue weighted by molar-refractivity contribution is 0.104. The molecular formula is C17H17NO. The highest BCUT2D eigenvalue weighted by Gasteiger charge is 2.09. The van der Waals surface area contributed by atoms with Crippen molar-refractivity contribution in [2.45, 2.75) is 32.1 Å². The molecule has 0 atom stereocenters. The zero-order valence-corrected chi connectivity index (χ0v) is 10.9. The third kappa shape index (κ3) is 2.73. The standard InChI is InChI=1S/C17H17NO/c19-17(10-13-6-2-1-3-7-13)15-11-14-8-4-5-9-16(14)18-12-15/h4-5,8-12H,1-3,6-7H2. The van der Waals surface area contributed by atoms with Crippen LogP contribution >= 0.6 is 0 Å². The van der Waals surface area contributed by atoms with Crippen LogP contribution in [0.25, 0.3) is 10.9 Å². The lowest BCUT2D eigenvalue weighted by Crippen LogP contribution is -2.01. The van der Waals surface area contributed by atoms with Crippen molar-refractivity contribution in [2.75, 3.05) is 0 Å². The van der Waals surface area contributed by atoms with E-state index in [9.17, 15) is 4.79 Å². The van der Waals surface area contributed by atoms with Gasteiger partial charge in [-0.2, -0.15) is 0 Å². The van der Waals surface area contributed by atoms with Gasteiger partial charge in [0.15, 0.2) is 5.78 Å². The van der Waals surface area contributed by atoms with Crippen molar-refractivity contribution >= 4 is 16.7 Å². The first-order chi connectivity index (χ1) is 9.33. The predicted molar refractivity (Wildman–Crippen MR) is 77.2 cm³/mol. The molecule has 0 unspecified atom stereocenters. The van der Waals surface area contributed by atoms with E-state index in [1.807, 2.05) is 36.4 Å². The normalized spacial score (nSPS) is 15.5. The van der Waals surface area contributed by atoms with Crippen molar-refractivity contribution in [3.8, 4) is 0 Å². The van der Waals surface area contributed by atoms with Gasteiger partial charge in [-0.15, -0.1) is 0 Å². The molecule has 1 aliphatic carbocycles. The molecule has 1 aromatic carbocycles. The third-order valence-corrected chi connectivity index (χ3v) is 3.71. The lowest BCUT2D eigenvalue weighted by atomic mass is 9.93. The molecule has 0 N–H and O–H groups in total. The van der Waals surface area contributed by atoms with Gasteiger partial charge in [0.05, 0.1) is 5.52 Å². The molecular weight excluding hydrogens is 234 g/mol. The van der Waals surface area contributed by atoms with Crippen LogP contribution in [0.3, 0.4) is 0 Å². The summed E-state index contributed by atoms with van der Waals surface area (Å²) in [5, 5.41) is 1.02. The second-order valence-corrected chi connectivity index (χ2v) is 5.14. The number of para-hydroxylation sites is 1. The summed E-state index contributed by atoms with van der Waals surface area (Å²) < 4.78 is 0. The maximum atomic E-state index is 12.2. The first-order valence-electron chi connectivity index (χ1n) is 6.91. The number of benzene rings is 1. The monoisotopic (exact) mass is 251 g/mol. The number of aromatic nitrogens is 1. The van der Waals surface area contributed by atoms with Crippen LogP contribution in [0.1, 0.15) is 42.5 Å². The molecule has 1 saturated carbocycles. The SMILES string of the molecule is O=C(C=C1CCCCC1)c1cnc2ccccc2c1. The van der Waals surface area contributed by atoms with Crippen molar-refractivity contribution in [3.63, 3.8) is 0 Å². The molecule has 1 fully saturated rings. The number of fused-ring (bicyclic) bond motifs is 1. The Hall–Kier alpha value is -1.96. The number of ketones is 1. The number of pyridine rings is 1. The number of nitrogens with zero attached hydrogens (tertiary/aromatic N) is 1. The van der Waals surface area contributed by atoms with Crippen molar-refractivity contribution in [1.29, 1.82) is 0 Å². The van der Waals surface area contributed by atoms with Crippen molar-refractivity contribution < 1.29 is 4.79 Å². The van der Waals surface area contributed by atoms with Gasteiger partial charge in [0.1, 0.15) is 0 Å². The van der Waals surface area contributed by atoms with Crippen LogP contribution in [0, 0.1) is 0 Å². The summed E-state index contributed by atoms with van der Waals surface area (Å²) in [6, 6.07) is 9.82. The first-order valence-corrected chi connectivity index (χ1v) is 6.91. The van der Waals surface area contributed by atoms with E-state index in [2.05, 4.69) is 4.98 Å². The molecule has 0 radical (unpaired) electrons. The average molecular weight is 251 g/mol. The molecule has 0 amide bonds. The van der Waals surface area contributed by atoms with Gasteiger partial charge in [0.25, 0.3) is 0 Å². The minimum absolute atomic E-state index is 0.0927. The van der Waals surface area contributed by atoms with E-state index in [1.54, 1.807) is 6.20 Å². The second-order valence-electron chi connectivity index (χ2n) is 5.14. The van der Waals surface area contributed by atoms with Crippen LogP contribution in [0.4, 0.5) is 0 Å². The molecule has 0 saturated heterocycles. The summed E-state index contributed by atoms with van der Waals surface area (Å²) in [7, 11) is 0. The van der Waals surface area contributed by atoms with Crippen LogP contribution in [0.15, 0.2) is 48.2 Å². The minimum Gasteiger partial charge on any atom is -0.289 e. The molecule has 1 aromatic heterocycles. The number of carbonyl (C=O) groups is 1. The average Bonchev–Trinajstić information content (AvgIpc) is 2.48. The van der Waals surface area contributed by atoms with Gasteiger partial charge >= 0.3 is 0 Å². The van der Waals surface area contributed by atoms with E-state index in [1.165, 1.54) is 24.8 Å². The number of carbonyl (C=O) groups excluding carboxylic acids is 1. The molecule has 0 spiro atoms. The third-order valence-electron chi connectivity index (χ3n) is 3.71. The van der Waals surface area contributed by atoms with Gasteiger partial charge in [0.2, 0.25) is 0 Å². The maximum absolute atomic E-state index is 12.2.